The van der Waals surface area contributed by atoms with Crippen molar-refractivity contribution >= 4 is 22.7 Å². The number of aromatic nitrogens is 2. The molecule has 0 saturated heterocycles. The second kappa shape index (κ2) is 8.17. The topological polar surface area (TPSA) is 64.4 Å². The Morgan fingerprint density at radius 3 is 2.68 bits per heavy atom. The van der Waals surface area contributed by atoms with Gasteiger partial charge in [0.1, 0.15) is 11.4 Å². The first kappa shape index (κ1) is 21.1. The Balaban J connectivity index is 1.77. The lowest BCUT2D eigenvalue weighted by Gasteiger charge is -2.25. The molecule has 6 heteroatoms. The molecule has 2 aromatic carbocycles. The number of fused-ring (bicyclic) bond motifs is 2. The molecule has 0 bridgehead atoms. The highest BCUT2D eigenvalue weighted by atomic mass is 16.6. The van der Waals surface area contributed by atoms with Gasteiger partial charge in [-0.05, 0) is 69.5 Å². The molecule has 1 amide bonds. The Bertz CT molecular complexity index is 1190. The summed E-state index contributed by atoms with van der Waals surface area (Å²) in [7, 11) is 0. The van der Waals surface area contributed by atoms with Gasteiger partial charge >= 0.3 is 6.09 Å². The number of ether oxygens (including phenoxy) is 1. The first-order valence-electron chi connectivity index (χ1n) is 10.9. The number of carbonyl (C=O) groups excluding carboxylic acids is 1. The van der Waals surface area contributed by atoms with Gasteiger partial charge in [0.2, 0.25) is 0 Å². The van der Waals surface area contributed by atoms with Crippen molar-refractivity contribution in [2.24, 2.45) is 0 Å². The van der Waals surface area contributed by atoms with Crippen molar-refractivity contribution in [3.63, 3.8) is 0 Å². The van der Waals surface area contributed by atoms with Gasteiger partial charge in [0.05, 0.1) is 22.3 Å². The molecule has 31 heavy (non-hydrogen) atoms. The van der Waals surface area contributed by atoms with Crippen LogP contribution in [0, 0.1) is 0 Å². The van der Waals surface area contributed by atoms with E-state index in [1.165, 1.54) is 0 Å². The molecule has 0 atom stereocenters. The second-order valence-corrected chi connectivity index (χ2v) is 8.98. The third kappa shape index (κ3) is 4.20. The number of benzene rings is 2. The molecular weight excluding hydrogens is 390 g/mol. The van der Waals surface area contributed by atoms with E-state index in [-0.39, 0.29) is 11.7 Å². The average Bonchev–Trinajstić information content (AvgIpc) is 3.14. The van der Waals surface area contributed by atoms with Crippen LogP contribution in [0.4, 0.5) is 10.5 Å². The molecule has 0 saturated carbocycles. The SMILES string of the molecule is CCCCc1nc2ccccc2c(=O)n1-c1ccc2c(c1)CCN2C(=O)OC(C)(C)C. The van der Waals surface area contributed by atoms with E-state index in [1.54, 1.807) is 9.47 Å². The average molecular weight is 420 g/mol. The van der Waals surface area contributed by atoms with Gasteiger partial charge in [-0.15, -0.1) is 0 Å². The molecule has 162 valence electrons. The lowest BCUT2D eigenvalue weighted by Crippen LogP contribution is -2.35. The van der Waals surface area contributed by atoms with Gasteiger partial charge in [-0.25, -0.2) is 9.78 Å². The number of para-hydroxylation sites is 1. The minimum Gasteiger partial charge on any atom is -0.443 e. The number of hydrogen-bond donors (Lipinski definition) is 0. The summed E-state index contributed by atoms with van der Waals surface area (Å²) in [6, 6.07) is 13.3. The summed E-state index contributed by atoms with van der Waals surface area (Å²) in [6.07, 6.45) is 3.10. The van der Waals surface area contributed by atoms with E-state index >= 15 is 0 Å². The standard InChI is InChI=1S/C25H29N3O3/c1-5-6-11-22-26-20-10-8-7-9-19(20)23(29)28(22)18-12-13-21-17(16-18)14-15-27(21)24(30)31-25(2,3)4/h7-10,12-13,16H,5-6,11,14-15H2,1-4H3. The number of nitrogens with zero attached hydrogens (tertiary/aromatic N) is 3. The maximum atomic E-state index is 13.4. The summed E-state index contributed by atoms with van der Waals surface area (Å²) in [4.78, 5) is 32.4. The third-order valence-electron chi connectivity index (χ3n) is 5.43. The van der Waals surface area contributed by atoms with Gasteiger partial charge in [0.25, 0.3) is 5.56 Å². The Morgan fingerprint density at radius 2 is 1.94 bits per heavy atom. The van der Waals surface area contributed by atoms with Crippen molar-refractivity contribution < 1.29 is 9.53 Å². The van der Waals surface area contributed by atoms with Crippen LogP contribution in [-0.2, 0) is 17.6 Å². The van der Waals surface area contributed by atoms with E-state index < -0.39 is 5.60 Å². The van der Waals surface area contributed by atoms with E-state index in [9.17, 15) is 9.59 Å². The van der Waals surface area contributed by atoms with Crippen molar-refractivity contribution in [2.45, 2.75) is 59.0 Å². The molecule has 1 aliphatic heterocycles. The molecule has 2 heterocycles. The number of rotatable bonds is 4. The predicted molar refractivity (Wildman–Crippen MR) is 123 cm³/mol. The number of amides is 1. The van der Waals surface area contributed by atoms with Crippen LogP contribution in [0.3, 0.4) is 0 Å². The van der Waals surface area contributed by atoms with Crippen LogP contribution in [0.25, 0.3) is 16.6 Å². The Hall–Kier alpha value is -3.15. The quantitative estimate of drug-likeness (QED) is 0.595. The van der Waals surface area contributed by atoms with E-state index in [2.05, 4.69) is 6.92 Å². The van der Waals surface area contributed by atoms with E-state index in [4.69, 9.17) is 9.72 Å². The molecule has 1 aliphatic rings. The van der Waals surface area contributed by atoms with Gasteiger partial charge in [0.15, 0.2) is 0 Å². The molecule has 0 fully saturated rings. The summed E-state index contributed by atoms with van der Waals surface area (Å²) < 4.78 is 7.28. The first-order valence-corrected chi connectivity index (χ1v) is 10.9. The van der Waals surface area contributed by atoms with Gasteiger partial charge in [0, 0.05) is 13.0 Å². The van der Waals surface area contributed by atoms with Crippen molar-refractivity contribution in [3.8, 4) is 5.69 Å². The van der Waals surface area contributed by atoms with Crippen LogP contribution in [0.1, 0.15) is 51.9 Å². The molecule has 0 radical (unpaired) electrons. The van der Waals surface area contributed by atoms with Gasteiger partial charge in [-0.2, -0.15) is 0 Å². The predicted octanol–water partition coefficient (Wildman–Crippen LogP) is 5.03. The zero-order chi connectivity index (χ0) is 22.2. The maximum Gasteiger partial charge on any atom is 0.414 e. The van der Waals surface area contributed by atoms with Crippen LogP contribution in [-0.4, -0.2) is 27.8 Å². The molecule has 0 unspecified atom stereocenters. The van der Waals surface area contributed by atoms with E-state index in [0.717, 1.165) is 54.0 Å². The second-order valence-electron chi connectivity index (χ2n) is 8.98. The van der Waals surface area contributed by atoms with Gasteiger partial charge < -0.3 is 4.74 Å². The van der Waals surface area contributed by atoms with Crippen molar-refractivity contribution in [3.05, 3.63) is 64.2 Å². The monoisotopic (exact) mass is 419 g/mol. The van der Waals surface area contributed by atoms with Crippen molar-refractivity contribution in [1.82, 2.24) is 9.55 Å². The maximum absolute atomic E-state index is 13.4. The van der Waals surface area contributed by atoms with Gasteiger partial charge in [-0.3, -0.25) is 14.3 Å². The van der Waals surface area contributed by atoms with Crippen molar-refractivity contribution in [1.29, 1.82) is 0 Å². The number of carbonyl (C=O) groups is 1. The summed E-state index contributed by atoms with van der Waals surface area (Å²) in [5, 5.41) is 0.610. The fraction of sp³-hybridized carbons (Fsp3) is 0.400. The Kier molecular flexibility index (Phi) is 5.56. The summed E-state index contributed by atoms with van der Waals surface area (Å²) >= 11 is 0. The highest BCUT2D eigenvalue weighted by Crippen LogP contribution is 2.31. The van der Waals surface area contributed by atoms with Crippen LogP contribution >= 0.6 is 0 Å². The zero-order valence-electron chi connectivity index (χ0n) is 18.6. The third-order valence-corrected chi connectivity index (χ3v) is 5.43. The first-order chi connectivity index (χ1) is 14.8. The molecule has 6 nitrogen and oxygen atoms in total. The molecule has 0 spiro atoms. The fourth-order valence-corrected chi connectivity index (χ4v) is 3.98. The van der Waals surface area contributed by atoms with E-state index in [1.807, 2.05) is 63.2 Å². The molecule has 0 aliphatic carbocycles. The van der Waals surface area contributed by atoms with Crippen LogP contribution < -0.4 is 10.5 Å². The molecule has 4 rings (SSSR count). The summed E-state index contributed by atoms with van der Waals surface area (Å²) in [6.45, 7) is 8.29. The molecular formula is C25H29N3O3. The van der Waals surface area contributed by atoms with E-state index in [0.29, 0.717) is 11.9 Å². The smallest absolute Gasteiger partial charge is 0.414 e. The molecule has 1 aromatic heterocycles. The zero-order valence-corrected chi connectivity index (χ0v) is 18.6. The fourth-order valence-electron chi connectivity index (χ4n) is 3.98. The lowest BCUT2D eigenvalue weighted by atomic mass is 10.1. The number of hydrogen-bond acceptors (Lipinski definition) is 4. The van der Waals surface area contributed by atoms with Crippen LogP contribution in [0.2, 0.25) is 0 Å². The minimum absolute atomic E-state index is 0.0568. The minimum atomic E-state index is -0.544. The number of anilines is 1. The highest BCUT2D eigenvalue weighted by Gasteiger charge is 2.29. The normalized spacial score (nSPS) is 13.5. The summed E-state index contributed by atoms with van der Waals surface area (Å²) in [5.41, 5.74) is 2.79. The molecule has 0 N–H and O–H groups in total. The van der Waals surface area contributed by atoms with Crippen LogP contribution in [0.15, 0.2) is 47.3 Å². The van der Waals surface area contributed by atoms with Crippen LogP contribution in [0.5, 0.6) is 0 Å². The largest absolute Gasteiger partial charge is 0.443 e. The Labute approximate surface area is 182 Å². The number of aryl methyl sites for hydroxylation is 1. The van der Waals surface area contributed by atoms with Gasteiger partial charge in [-0.1, -0.05) is 25.5 Å². The Morgan fingerprint density at radius 1 is 1.16 bits per heavy atom. The number of unbranched alkanes of at least 4 members (excludes halogenated alkanes) is 1. The highest BCUT2D eigenvalue weighted by molar-refractivity contribution is 5.91. The summed E-state index contributed by atoms with van der Waals surface area (Å²) in [5.74, 6) is 0.771. The molecule has 3 aromatic rings. The van der Waals surface area contributed by atoms with Crippen molar-refractivity contribution in [2.75, 3.05) is 11.4 Å². The lowest BCUT2D eigenvalue weighted by molar-refractivity contribution is 0.0584.